The van der Waals surface area contributed by atoms with Crippen LogP contribution in [0.25, 0.3) is 0 Å². The zero-order valence-electron chi connectivity index (χ0n) is 10.4. The van der Waals surface area contributed by atoms with Crippen molar-refractivity contribution in [3.63, 3.8) is 0 Å². The van der Waals surface area contributed by atoms with E-state index in [-0.39, 0.29) is 6.09 Å². The number of hydrogen-bond donors (Lipinski definition) is 1. The van der Waals surface area contributed by atoms with Crippen LogP contribution in [0.15, 0.2) is 24.3 Å². The van der Waals surface area contributed by atoms with Crippen LogP contribution in [0.1, 0.15) is 18.4 Å². The van der Waals surface area contributed by atoms with Crippen LogP contribution in [0, 0.1) is 0 Å². The molecule has 0 radical (unpaired) electrons. The number of nitrogens with one attached hydrogen (secondary N) is 1. The van der Waals surface area contributed by atoms with Crippen molar-refractivity contribution in [2.24, 2.45) is 0 Å². The molecule has 4 nitrogen and oxygen atoms in total. The van der Waals surface area contributed by atoms with Gasteiger partial charge in [0.05, 0.1) is 14.2 Å². The summed E-state index contributed by atoms with van der Waals surface area (Å²) in [5, 5.41) is 2.66. The van der Waals surface area contributed by atoms with Gasteiger partial charge in [0.25, 0.3) is 0 Å². The van der Waals surface area contributed by atoms with E-state index in [2.05, 4.69) is 22.2 Å². The highest BCUT2D eigenvalue weighted by Gasteiger charge is 1.98. The number of rotatable bonds is 6. The van der Waals surface area contributed by atoms with E-state index in [9.17, 15) is 4.79 Å². The Morgan fingerprint density at radius 3 is 2.47 bits per heavy atom. The minimum atomic E-state index is -0.366. The number of hydrogen-bond acceptors (Lipinski definition) is 3. The van der Waals surface area contributed by atoms with E-state index in [1.807, 2.05) is 12.1 Å². The third-order valence-electron chi connectivity index (χ3n) is 2.51. The number of benzene rings is 1. The third-order valence-corrected chi connectivity index (χ3v) is 2.51. The zero-order valence-corrected chi connectivity index (χ0v) is 10.4. The van der Waals surface area contributed by atoms with Crippen LogP contribution in [-0.2, 0) is 11.2 Å². The summed E-state index contributed by atoms with van der Waals surface area (Å²) in [7, 11) is 3.03. The molecule has 4 heteroatoms. The first kappa shape index (κ1) is 13.4. The van der Waals surface area contributed by atoms with E-state index in [1.165, 1.54) is 12.7 Å². The largest absolute Gasteiger partial charge is 0.497 e. The van der Waals surface area contributed by atoms with Crippen molar-refractivity contribution in [1.29, 1.82) is 0 Å². The van der Waals surface area contributed by atoms with Gasteiger partial charge < -0.3 is 14.8 Å². The number of methoxy groups -OCH3 is 2. The Labute approximate surface area is 102 Å². The van der Waals surface area contributed by atoms with Crippen LogP contribution in [-0.4, -0.2) is 26.9 Å². The molecule has 0 unspecified atom stereocenters. The summed E-state index contributed by atoms with van der Waals surface area (Å²) in [6, 6.07) is 8.04. The summed E-state index contributed by atoms with van der Waals surface area (Å²) in [5.41, 5.74) is 1.28. The fraction of sp³-hybridized carbons (Fsp3) is 0.462. The highest BCUT2D eigenvalue weighted by atomic mass is 16.5. The maximum absolute atomic E-state index is 10.8. The monoisotopic (exact) mass is 237 g/mol. The van der Waals surface area contributed by atoms with Crippen molar-refractivity contribution in [2.45, 2.75) is 19.3 Å². The summed E-state index contributed by atoms with van der Waals surface area (Å²) >= 11 is 0. The van der Waals surface area contributed by atoms with E-state index in [0.717, 1.165) is 25.0 Å². The number of carbonyl (C=O) groups is 1. The van der Waals surface area contributed by atoms with Crippen molar-refractivity contribution in [2.75, 3.05) is 20.8 Å². The molecule has 1 N–H and O–H groups in total. The van der Waals surface area contributed by atoms with E-state index in [4.69, 9.17) is 4.74 Å². The number of carbonyl (C=O) groups excluding carboxylic acids is 1. The van der Waals surface area contributed by atoms with Crippen molar-refractivity contribution in [3.8, 4) is 5.75 Å². The molecule has 0 atom stereocenters. The van der Waals surface area contributed by atoms with Gasteiger partial charge in [-0.2, -0.15) is 0 Å². The van der Waals surface area contributed by atoms with Gasteiger partial charge in [-0.15, -0.1) is 0 Å². The minimum absolute atomic E-state index is 0.366. The zero-order chi connectivity index (χ0) is 12.5. The van der Waals surface area contributed by atoms with Gasteiger partial charge in [0.2, 0.25) is 0 Å². The van der Waals surface area contributed by atoms with Gasteiger partial charge >= 0.3 is 6.09 Å². The van der Waals surface area contributed by atoms with Gasteiger partial charge in [-0.25, -0.2) is 4.79 Å². The van der Waals surface area contributed by atoms with Gasteiger partial charge in [0.15, 0.2) is 0 Å². The van der Waals surface area contributed by atoms with Gasteiger partial charge in [-0.1, -0.05) is 12.1 Å². The van der Waals surface area contributed by atoms with Crippen molar-refractivity contribution in [1.82, 2.24) is 5.32 Å². The SMILES string of the molecule is COC(=O)NCCCCc1ccc(OC)cc1. The molecule has 1 aromatic carbocycles. The van der Waals surface area contributed by atoms with Crippen molar-refractivity contribution >= 4 is 6.09 Å². The second-order valence-electron chi connectivity index (χ2n) is 3.72. The average Bonchev–Trinajstić information content (AvgIpc) is 2.38. The van der Waals surface area contributed by atoms with Crippen LogP contribution >= 0.6 is 0 Å². The molecule has 0 bridgehead atoms. The van der Waals surface area contributed by atoms with E-state index in [1.54, 1.807) is 7.11 Å². The Balaban J connectivity index is 2.15. The van der Waals surface area contributed by atoms with E-state index >= 15 is 0 Å². The molecule has 0 aliphatic rings. The number of alkyl carbamates (subject to hydrolysis) is 1. The number of amides is 1. The quantitative estimate of drug-likeness (QED) is 0.773. The summed E-state index contributed by atoms with van der Waals surface area (Å²) in [6.07, 6.45) is 2.62. The topological polar surface area (TPSA) is 47.6 Å². The summed E-state index contributed by atoms with van der Waals surface area (Å²) in [4.78, 5) is 10.8. The predicted molar refractivity (Wildman–Crippen MR) is 66.3 cm³/mol. The molecule has 0 spiro atoms. The standard InChI is InChI=1S/C13H19NO3/c1-16-12-8-6-11(7-9-12)5-3-4-10-14-13(15)17-2/h6-9H,3-5,10H2,1-2H3,(H,14,15). The Morgan fingerprint density at radius 2 is 1.88 bits per heavy atom. The van der Waals surface area contributed by atoms with Crippen LogP contribution in [0.3, 0.4) is 0 Å². The van der Waals surface area contributed by atoms with Crippen LogP contribution in [0.2, 0.25) is 0 Å². The van der Waals surface area contributed by atoms with Gasteiger partial charge in [-0.05, 0) is 37.0 Å². The molecule has 0 aliphatic heterocycles. The molecular formula is C13H19NO3. The van der Waals surface area contributed by atoms with Crippen molar-refractivity contribution < 1.29 is 14.3 Å². The molecule has 94 valence electrons. The Hall–Kier alpha value is -1.71. The maximum Gasteiger partial charge on any atom is 0.406 e. The van der Waals surface area contributed by atoms with E-state index in [0.29, 0.717) is 6.54 Å². The average molecular weight is 237 g/mol. The summed E-state index contributed by atoms with van der Waals surface area (Å²) < 4.78 is 9.57. The molecule has 17 heavy (non-hydrogen) atoms. The molecular weight excluding hydrogens is 218 g/mol. The molecule has 0 aromatic heterocycles. The third kappa shape index (κ3) is 5.24. The molecule has 0 heterocycles. The predicted octanol–water partition coefficient (Wildman–Crippen LogP) is 2.37. The van der Waals surface area contributed by atoms with Crippen molar-refractivity contribution in [3.05, 3.63) is 29.8 Å². The maximum atomic E-state index is 10.8. The fourth-order valence-electron chi connectivity index (χ4n) is 1.51. The molecule has 0 aliphatic carbocycles. The van der Waals surface area contributed by atoms with Gasteiger partial charge in [0.1, 0.15) is 5.75 Å². The highest BCUT2D eigenvalue weighted by Crippen LogP contribution is 2.12. The second-order valence-corrected chi connectivity index (χ2v) is 3.72. The number of aryl methyl sites for hydroxylation is 1. The van der Waals surface area contributed by atoms with Gasteiger partial charge in [0, 0.05) is 6.54 Å². The lowest BCUT2D eigenvalue weighted by Gasteiger charge is -2.04. The second kappa shape index (κ2) is 7.54. The Bertz CT molecular complexity index is 335. The smallest absolute Gasteiger partial charge is 0.406 e. The molecule has 1 aromatic rings. The number of ether oxygens (including phenoxy) is 2. The first-order chi connectivity index (χ1) is 8.26. The first-order valence-electron chi connectivity index (χ1n) is 5.71. The lowest BCUT2D eigenvalue weighted by molar-refractivity contribution is 0.171. The summed E-state index contributed by atoms with van der Waals surface area (Å²) in [5.74, 6) is 0.876. The lowest BCUT2D eigenvalue weighted by atomic mass is 10.1. The van der Waals surface area contributed by atoms with Crippen LogP contribution in [0.5, 0.6) is 5.75 Å². The Kier molecular flexibility index (Phi) is 5.93. The fourth-order valence-corrected chi connectivity index (χ4v) is 1.51. The molecule has 1 amide bonds. The van der Waals surface area contributed by atoms with Crippen LogP contribution < -0.4 is 10.1 Å². The lowest BCUT2D eigenvalue weighted by Crippen LogP contribution is -2.23. The minimum Gasteiger partial charge on any atom is -0.497 e. The first-order valence-corrected chi connectivity index (χ1v) is 5.71. The number of unbranched alkanes of at least 4 members (excludes halogenated alkanes) is 1. The molecule has 0 saturated carbocycles. The normalized spacial score (nSPS) is 9.76. The highest BCUT2D eigenvalue weighted by molar-refractivity contribution is 5.66. The van der Waals surface area contributed by atoms with Gasteiger partial charge in [-0.3, -0.25) is 0 Å². The van der Waals surface area contributed by atoms with E-state index < -0.39 is 0 Å². The summed E-state index contributed by atoms with van der Waals surface area (Å²) in [6.45, 7) is 0.656. The van der Waals surface area contributed by atoms with Crippen LogP contribution in [0.4, 0.5) is 4.79 Å². The molecule has 0 saturated heterocycles. The Morgan fingerprint density at radius 1 is 1.18 bits per heavy atom. The molecule has 1 rings (SSSR count). The molecule has 0 fully saturated rings.